The van der Waals surface area contributed by atoms with E-state index < -0.39 is 80.2 Å². The van der Waals surface area contributed by atoms with Gasteiger partial charge >= 0.3 is 11.9 Å². The van der Waals surface area contributed by atoms with E-state index in [1.165, 1.54) is 6.21 Å². The lowest BCUT2D eigenvalue weighted by atomic mass is 9.91. The molecule has 0 spiro atoms. The summed E-state index contributed by atoms with van der Waals surface area (Å²) in [6, 6.07) is -1.66. The molecule has 0 N–H and O–H groups in total. The van der Waals surface area contributed by atoms with Crippen LogP contribution in [-0.2, 0) is 17.8 Å². The van der Waals surface area contributed by atoms with Gasteiger partial charge in [-0.3, -0.25) is 14.4 Å². The van der Waals surface area contributed by atoms with Crippen LogP contribution >= 0.6 is 11.6 Å². The molecular weight excluding hydrogens is 468 g/mol. The average molecular weight is 486 g/mol. The molecule has 3 unspecified atom stereocenters. The summed E-state index contributed by atoms with van der Waals surface area (Å²) in [4.78, 5) is 30.3. The van der Waals surface area contributed by atoms with E-state index in [-0.39, 0.29) is 17.4 Å². The Morgan fingerprint density at radius 3 is 2.50 bits per heavy atom. The zero-order chi connectivity index (χ0) is 23.4. The van der Waals surface area contributed by atoms with Crippen LogP contribution in [0.4, 0.5) is 26.3 Å². The van der Waals surface area contributed by atoms with Gasteiger partial charge < -0.3 is 4.90 Å². The van der Waals surface area contributed by atoms with Gasteiger partial charge in [0, 0.05) is 12.6 Å². The molecule has 0 saturated carbocycles. The first kappa shape index (κ1) is 22.9. The zero-order valence-corrected chi connectivity index (χ0v) is 17.2. The predicted molar refractivity (Wildman–Crippen MR) is 101 cm³/mol. The first-order valence-corrected chi connectivity index (χ1v) is 10.1. The van der Waals surface area contributed by atoms with E-state index in [2.05, 4.69) is 10.1 Å². The highest BCUT2D eigenvalue weighted by Crippen LogP contribution is 2.39. The smallest absolute Gasteiger partial charge is 0.335 e. The van der Waals surface area contributed by atoms with Crippen molar-refractivity contribution in [1.29, 1.82) is 0 Å². The number of carbonyl (C=O) groups is 1. The minimum atomic E-state index is -4.70. The van der Waals surface area contributed by atoms with Gasteiger partial charge in [-0.25, -0.2) is 22.6 Å². The van der Waals surface area contributed by atoms with E-state index in [4.69, 9.17) is 11.6 Å². The fourth-order valence-corrected chi connectivity index (χ4v) is 4.50. The molecule has 3 aliphatic rings. The number of alkyl halides is 6. The Morgan fingerprint density at radius 1 is 1.25 bits per heavy atom. The van der Waals surface area contributed by atoms with E-state index >= 15 is 4.39 Å². The van der Waals surface area contributed by atoms with Gasteiger partial charge in [0.15, 0.2) is 18.0 Å². The van der Waals surface area contributed by atoms with Crippen molar-refractivity contribution in [3.8, 4) is 0 Å². The molecule has 3 aliphatic heterocycles. The summed E-state index contributed by atoms with van der Waals surface area (Å²) in [6.07, 6.45) is -7.88. The fourth-order valence-electron chi connectivity index (χ4n) is 4.23. The molecule has 0 radical (unpaired) electrons. The summed E-state index contributed by atoms with van der Waals surface area (Å²) in [5.74, 6) is -3.37. The maximum atomic E-state index is 15.1. The van der Waals surface area contributed by atoms with E-state index in [9.17, 15) is 31.5 Å². The molecule has 0 aliphatic carbocycles. The molecule has 1 fully saturated rings. The van der Waals surface area contributed by atoms with Crippen LogP contribution < -0.4 is 5.69 Å². The molecule has 4 rings (SSSR count). The molecule has 0 bridgehead atoms. The molecule has 1 aromatic heterocycles. The van der Waals surface area contributed by atoms with E-state index in [0.29, 0.717) is 4.68 Å². The molecule has 0 aromatic carbocycles. The third-order valence-corrected chi connectivity index (χ3v) is 6.02. The third-order valence-electron chi connectivity index (χ3n) is 5.81. The van der Waals surface area contributed by atoms with Crippen molar-refractivity contribution >= 4 is 23.7 Å². The van der Waals surface area contributed by atoms with E-state index in [1.807, 2.05) is 0 Å². The van der Waals surface area contributed by atoms with Crippen LogP contribution in [0.15, 0.2) is 20.9 Å². The second kappa shape index (κ2) is 7.92. The minimum absolute atomic E-state index is 0.0171. The normalized spacial score (nSPS) is 32.7. The number of halogens is 7. The average Bonchev–Trinajstić information content (AvgIpc) is 3.18. The number of aromatic nitrogens is 3. The fraction of sp³-hybridized carbons (Fsp3) is 0.667. The highest BCUT2D eigenvalue weighted by atomic mass is 35.5. The van der Waals surface area contributed by atoms with Crippen LogP contribution in [-0.4, -0.2) is 75.2 Å². The quantitative estimate of drug-likeness (QED) is 0.616. The van der Waals surface area contributed by atoms with Crippen LogP contribution in [0.25, 0.3) is 0 Å². The Hall–Kier alpha value is -2.31. The van der Waals surface area contributed by atoms with Crippen molar-refractivity contribution in [3.05, 3.63) is 27.4 Å². The number of allylic oxidation sites excluding steroid dienone is 1. The zero-order valence-electron chi connectivity index (χ0n) is 16.4. The molecule has 7 nitrogen and oxygen atoms in total. The van der Waals surface area contributed by atoms with Crippen LogP contribution in [0.1, 0.15) is 18.3 Å². The second-order valence-electron chi connectivity index (χ2n) is 8.23. The van der Waals surface area contributed by atoms with E-state index in [0.717, 1.165) is 15.5 Å². The van der Waals surface area contributed by atoms with Crippen molar-refractivity contribution < 1.29 is 31.1 Å². The van der Waals surface area contributed by atoms with Gasteiger partial charge in [-0.15, -0.1) is 0 Å². The van der Waals surface area contributed by atoms with Gasteiger partial charge in [-0.2, -0.15) is 18.3 Å². The molecule has 1 aromatic rings. The molecular formula is C18H18ClF6N5O2. The lowest BCUT2D eigenvalue weighted by molar-refractivity contribution is -0.183. The van der Waals surface area contributed by atoms with Gasteiger partial charge in [0.1, 0.15) is 11.9 Å². The Morgan fingerprint density at radius 2 is 1.91 bits per heavy atom. The number of likely N-dealkylation sites (tertiary alicyclic amines) is 1. The highest BCUT2D eigenvalue weighted by Gasteiger charge is 2.49. The van der Waals surface area contributed by atoms with Crippen molar-refractivity contribution in [2.24, 2.45) is 10.9 Å². The Labute approximate surface area is 182 Å². The van der Waals surface area contributed by atoms with Gasteiger partial charge in [0.2, 0.25) is 5.91 Å². The number of fused-ring (bicyclic) bond motifs is 1. The maximum absolute atomic E-state index is 15.1. The summed E-state index contributed by atoms with van der Waals surface area (Å²) in [5, 5.41) is 3.83. The summed E-state index contributed by atoms with van der Waals surface area (Å²) in [5.41, 5.74) is -3.20. The van der Waals surface area contributed by atoms with Crippen LogP contribution in [0.2, 0.25) is 0 Å². The van der Waals surface area contributed by atoms with Crippen molar-refractivity contribution in [1.82, 2.24) is 19.2 Å². The van der Waals surface area contributed by atoms with Crippen LogP contribution in [0, 0.1) is 5.92 Å². The molecule has 32 heavy (non-hydrogen) atoms. The molecule has 1 amide bonds. The number of aliphatic imine (C=N–C) groups is 1. The standard InChI is InChI=1S/C18H18ClF6N5O2/c19-10-3-17(22,7-26-4-10)8-29-16(32)30-13(15(31)28-5-11(20)12(21)6-28)1-9(18(23,24)25)2-14(30)27-29/h3-4,9,11-13H,1-2,5-8H2/t9?,11-,12+,13?,17?. The summed E-state index contributed by atoms with van der Waals surface area (Å²) < 4.78 is 84.1. The highest BCUT2D eigenvalue weighted by molar-refractivity contribution is 6.39. The topological polar surface area (TPSA) is 72.5 Å². The number of nitrogens with zero attached hydrogens (tertiary/aromatic N) is 5. The predicted octanol–water partition coefficient (Wildman–Crippen LogP) is 2.14. The molecule has 14 heteroatoms. The van der Waals surface area contributed by atoms with Crippen molar-refractivity contribution in [3.63, 3.8) is 0 Å². The number of amides is 1. The van der Waals surface area contributed by atoms with Gasteiger partial charge in [0.25, 0.3) is 0 Å². The number of carbonyl (C=O) groups excluding carboxylic acids is 1. The number of hydrogen-bond donors (Lipinski definition) is 0. The summed E-state index contributed by atoms with van der Waals surface area (Å²) in [6.45, 7) is -2.31. The Kier molecular flexibility index (Phi) is 5.66. The maximum Gasteiger partial charge on any atom is 0.392 e. The largest absolute Gasteiger partial charge is 0.392 e. The Balaban J connectivity index is 1.70. The third kappa shape index (κ3) is 4.18. The summed E-state index contributed by atoms with van der Waals surface area (Å²) >= 11 is 5.76. The van der Waals surface area contributed by atoms with Crippen LogP contribution in [0.3, 0.4) is 0 Å². The monoisotopic (exact) mass is 485 g/mol. The second-order valence-corrected chi connectivity index (χ2v) is 8.67. The molecule has 5 atom stereocenters. The van der Waals surface area contributed by atoms with Gasteiger partial charge in [0.05, 0.1) is 37.1 Å². The van der Waals surface area contributed by atoms with Crippen LogP contribution in [0.5, 0.6) is 0 Å². The molecule has 1 saturated heterocycles. The molecule has 176 valence electrons. The molecule has 4 heterocycles. The SMILES string of the molecule is O=C(C1CC(C(F)(F)F)Cc2nn(CC3(F)C=C(Cl)C=NC3)c(=O)n21)N1C[C@@H](F)[C@@H](F)C1. The van der Waals surface area contributed by atoms with E-state index in [1.54, 1.807) is 0 Å². The van der Waals surface area contributed by atoms with Gasteiger partial charge in [-0.1, -0.05) is 11.6 Å². The minimum Gasteiger partial charge on any atom is -0.335 e. The van der Waals surface area contributed by atoms with Crippen molar-refractivity contribution in [2.45, 2.75) is 49.6 Å². The van der Waals surface area contributed by atoms with Crippen molar-refractivity contribution in [2.75, 3.05) is 19.6 Å². The lowest BCUT2D eigenvalue weighted by Gasteiger charge is -2.32. The number of hydrogen-bond acceptors (Lipinski definition) is 4. The first-order valence-electron chi connectivity index (χ1n) is 9.77. The lowest BCUT2D eigenvalue weighted by Crippen LogP contribution is -2.46. The van der Waals surface area contributed by atoms with Gasteiger partial charge in [-0.05, 0) is 12.5 Å². The Bertz CT molecular complexity index is 1030. The number of rotatable bonds is 3. The summed E-state index contributed by atoms with van der Waals surface area (Å²) in [7, 11) is 0. The first-order chi connectivity index (χ1) is 14.9. The number of dihydropyridines is 1.